The van der Waals surface area contributed by atoms with Crippen LogP contribution in [0.15, 0.2) is 89.7 Å². The predicted octanol–water partition coefficient (Wildman–Crippen LogP) is 4.97. The first-order chi connectivity index (χ1) is 18.8. The van der Waals surface area contributed by atoms with E-state index in [1.165, 1.54) is 25.3 Å². The van der Waals surface area contributed by atoms with Crippen LogP contribution in [0.3, 0.4) is 0 Å². The third kappa shape index (κ3) is 5.71. The summed E-state index contributed by atoms with van der Waals surface area (Å²) in [6.07, 6.45) is 4.37. The Bertz CT molecular complexity index is 1390. The number of hydroxylamine groups is 2. The number of nitrogens with zero attached hydrogens (tertiary/aromatic N) is 3. The Balaban J connectivity index is 1.57. The maximum absolute atomic E-state index is 12.7. The lowest BCUT2D eigenvalue weighted by molar-refractivity contribution is -0.0757. The molecule has 3 aromatic rings. The Morgan fingerprint density at radius 1 is 1.03 bits per heavy atom. The number of hydrogen-bond acceptors (Lipinski definition) is 6. The van der Waals surface area contributed by atoms with Crippen molar-refractivity contribution in [2.24, 2.45) is 5.10 Å². The molecule has 2 amide bonds. The fraction of sp³-hybridized carbons (Fsp3) is 0.258. The van der Waals surface area contributed by atoms with Gasteiger partial charge in [0.2, 0.25) is 0 Å². The lowest BCUT2D eigenvalue weighted by Gasteiger charge is -2.30. The van der Waals surface area contributed by atoms with E-state index >= 15 is 0 Å². The molecule has 1 aliphatic heterocycles. The van der Waals surface area contributed by atoms with Gasteiger partial charge >= 0.3 is 0 Å². The second kappa shape index (κ2) is 12.0. The molecule has 0 aromatic heterocycles. The van der Waals surface area contributed by atoms with Gasteiger partial charge in [0.1, 0.15) is 5.75 Å². The van der Waals surface area contributed by atoms with Crippen molar-refractivity contribution < 1.29 is 19.2 Å². The van der Waals surface area contributed by atoms with Gasteiger partial charge in [-0.2, -0.15) is 5.10 Å². The van der Waals surface area contributed by atoms with E-state index in [2.05, 4.69) is 65.7 Å². The standard InChI is InChI=1S/C31H34N4O4/c1-6-35-27-17-16-25(38-4)20-26(27)31(2,21-22-10-8-7-9-11-22)28(35)18-19-32-33-29(36)23-12-14-24(15-13-23)30(37)34(3)39-5/h7-20H,6,21H2,1-5H3,(H,33,36)/b28-18-,32-19+. The zero-order valence-corrected chi connectivity index (χ0v) is 23.0. The molecule has 4 rings (SSSR count). The highest BCUT2D eigenvalue weighted by Gasteiger charge is 2.43. The topological polar surface area (TPSA) is 83.5 Å². The van der Waals surface area contributed by atoms with E-state index < -0.39 is 0 Å². The molecule has 8 nitrogen and oxygen atoms in total. The van der Waals surface area contributed by atoms with E-state index in [4.69, 9.17) is 9.57 Å². The highest BCUT2D eigenvalue weighted by molar-refractivity contribution is 5.97. The van der Waals surface area contributed by atoms with Crippen molar-refractivity contribution in [3.63, 3.8) is 0 Å². The number of amides is 2. The number of fused-ring (bicyclic) bond motifs is 1. The average molecular weight is 527 g/mol. The van der Waals surface area contributed by atoms with Crippen LogP contribution in [0.2, 0.25) is 0 Å². The first-order valence-corrected chi connectivity index (χ1v) is 12.8. The number of benzene rings is 3. The van der Waals surface area contributed by atoms with Crippen LogP contribution in [0, 0.1) is 0 Å². The lowest BCUT2D eigenvalue weighted by atomic mass is 9.76. The number of likely N-dealkylation sites (N-methyl/N-ethyl adjacent to an activating group) is 1. The monoisotopic (exact) mass is 526 g/mol. The molecule has 0 saturated carbocycles. The Kier molecular flexibility index (Phi) is 8.46. The minimum absolute atomic E-state index is 0.302. The van der Waals surface area contributed by atoms with Crippen LogP contribution in [0.1, 0.15) is 45.7 Å². The van der Waals surface area contributed by atoms with Gasteiger partial charge in [0.25, 0.3) is 11.8 Å². The molecule has 0 spiro atoms. The third-order valence-electron chi connectivity index (χ3n) is 7.09. The van der Waals surface area contributed by atoms with Crippen LogP contribution < -0.4 is 15.1 Å². The molecular formula is C31H34N4O4. The Morgan fingerprint density at radius 3 is 2.36 bits per heavy atom. The highest BCUT2D eigenvalue weighted by atomic mass is 16.7. The molecule has 1 heterocycles. The molecule has 1 unspecified atom stereocenters. The van der Waals surface area contributed by atoms with E-state index in [0.29, 0.717) is 11.1 Å². The summed E-state index contributed by atoms with van der Waals surface area (Å²) in [4.78, 5) is 32.0. The molecule has 3 aromatic carbocycles. The van der Waals surface area contributed by atoms with Crippen molar-refractivity contribution in [1.82, 2.24) is 10.5 Å². The summed E-state index contributed by atoms with van der Waals surface area (Å²) in [5, 5.41) is 5.32. The quantitative estimate of drug-likeness (QED) is 0.315. The zero-order chi connectivity index (χ0) is 28.0. The molecule has 202 valence electrons. The molecule has 39 heavy (non-hydrogen) atoms. The molecule has 0 saturated heterocycles. The SMILES string of the molecule is CCN1/C(=C\C=N\NC(=O)c2ccc(C(=O)N(C)OC)cc2)C(C)(Cc2ccccc2)c2cc(OC)ccc21. The molecular weight excluding hydrogens is 492 g/mol. The smallest absolute Gasteiger partial charge is 0.277 e. The van der Waals surface area contributed by atoms with Gasteiger partial charge in [-0.3, -0.25) is 14.4 Å². The molecule has 0 radical (unpaired) electrons. The zero-order valence-electron chi connectivity index (χ0n) is 23.0. The Hall–Kier alpha value is -4.43. The number of hydrogen-bond donors (Lipinski definition) is 1. The number of carbonyl (C=O) groups excluding carboxylic acids is 2. The number of methoxy groups -OCH3 is 1. The van der Waals surface area contributed by atoms with Crippen molar-refractivity contribution in [3.05, 3.63) is 107 Å². The highest BCUT2D eigenvalue weighted by Crippen LogP contribution is 2.50. The minimum Gasteiger partial charge on any atom is -0.497 e. The molecule has 8 heteroatoms. The van der Waals surface area contributed by atoms with Crippen molar-refractivity contribution in [3.8, 4) is 5.75 Å². The number of anilines is 1. The predicted molar refractivity (Wildman–Crippen MR) is 153 cm³/mol. The fourth-order valence-corrected chi connectivity index (χ4v) is 4.99. The summed E-state index contributed by atoms with van der Waals surface area (Å²) < 4.78 is 5.55. The van der Waals surface area contributed by atoms with Gasteiger partial charge < -0.3 is 9.64 Å². The average Bonchev–Trinajstić information content (AvgIpc) is 3.20. The minimum atomic E-state index is -0.373. The molecule has 0 fully saturated rings. The van der Waals surface area contributed by atoms with Crippen molar-refractivity contribution >= 4 is 23.7 Å². The normalized spacial score (nSPS) is 17.4. The van der Waals surface area contributed by atoms with E-state index in [9.17, 15) is 9.59 Å². The second-order valence-corrected chi connectivity index (χ2v) is 9.46. The van der Waals surface area contributed by atoms with E-state index in [0.717, 1.165) is 35.2 Å². The van der Waals surface area contributed by atoms with Crippen LogP contribution in [0.25, 0.3) is 0 Å². The number of ether oxygens (including phenoxy) is 1. The van der Waals surface area contributed by atoms with Gasteiger partial charge in [-0.15, -0.1) is 0 Å². The molecule has 1 aliphatic rings. The first-order valence-electron chi connectivity index (χ1n) is 12.8. The summed E-state index contributed by atoms with van der Waals surface area (Å²) >= 11 is 0. The molecule has 0 bridgehead atoms. The maximum Gasteiger partial charge on any atom is 0.277 e. The van der Waals surface area contributed by atoms with Gasteiger partial charge in [-0.1, -0.05) is 30.3 Å². The number of carbonyl (C=O) groups is 2. The van der Waals surface area contributed by atoms with E-state index in [1.807, 2.05) is 18.2 Å². The summed E-state index contributed by atoms with van der Waals surface area (Å²) in [6, 6.07) is 22.9. The molecule has 1 atom stereocenters. The Morgan fingerprint density at radius 2 is 1.72 bits per heavy atom. The first kappa shape index (κ1) is 27.6. The number of allylic oxidation sites excluding steroid dienone is 2. The third-order valence-corrected chi connectivity index (χ3v) is 7.09. The van der Waals surface area contributed by atoms with Crippen LogP contribution in [-0.2, 0) is 16.7 Å². The number of nitrogens with one attached hydrogen (secondary N) is 1. The van der Waals surface area contributed by atoms with Crippen molar-refractivity contribution in [2.75, 3.05) is 32.7 Å². The lowest BCUT2D eigenvalue weighted by Crippen LogP contribution is -2.31. The summed E-state index contributed by atoms with van der Waals surface area (Å²) in [5.74, 6) is 0.138. The van der Waals surface area contributed by atoms with Crippen LogP contribution in [0.4, 0.5) is 5.69 Å². The maximum atomic E-state index is 12.7. The van der Waals surface area contributed by atoms with E-state index in [1.54, 1.807) is 37.6 Å². The number of hydrazone groups is 1. The van der Waals surface area contributed by atoms with Crippen LogP contribution in [0.5, 0.6) is 5.75 Å². The fourth-order valence-electron chi connectivity index (χ4n) is 4.99. The molecule has 1 N–H and O–H groups in total. The van der Waals surface area contributed by atoms with E-state index in [-0.39, 0.29) is 17.2 Å². The second-order valence-electron chi connectivity index (χ2n) is 9.46. The van der Waals surface area contributed by atoms with Gasteiger partial charge in [0, 0.05) is 47.7 Å². The van der Waals surface area contributed by atoms with Crippen LogP contribution in [-0.4, -0.2) is 50.9 Å². The number of rotatable bonds is 9. The van der Waals surface area contributed by atoms with Gasteiger partial charge in [0.15, 0.2) is 0 Å². The van der Waals surface area contributed by atoms with Crippen molar-refractivity contribution in [1.29, 1.82) is 0 Å². The van der Waals surface area contributed by atoms with Crippen molar-refractivity contribution in [2.45, 2.75) is 25.7 Å². The van der Waals surface area contributed by atoms with Gasteiger partial charge in [-0.05, 0) is 79.9 Å². The molecule has 0 aliphatic carbocycles. The Labute approximate surface area is 229 Å². The van der Waals surface area contributed by atoms with Gasteiger partial charge in [0.05, 0.1) is 14.2 Å². The largest absolute Gasteiger partial charge is 0.497 e. The van der Waals surface area contributed by atoms with Gasteiger partial charge in [-0.25, -0.2) is 10.5 Å². The van der Waals surface area contributed by atoms with Crippen LogP contribution >= 0.6 is 0 Å². The summed E-state index contributed by atoms with van der Waals surface area (Å²) in [7, 11) is 4.62. The summed E-state index contributed by atoms with van der Waals surface area (Å²) in [6.45, 7) is 5.13. The summed E-state index contributed by atoms with van der Waals surface area (Å²) in [5.41, 5.74) is 7.68.